The van der Waals surface area contributed by atoms with Crippen molar-refractivity contribution in [1.82, 2.24) is 10.5 Å². The predicted molar refractivity (Wildman–Crippen MR) is 39.5 cm³/mol. The third kappa shape index (κ3) is 1.71. The van der Waals surface area contributed by atoms with Crippen molar-refractivity contribution in [2.75, 3.05) is 7.05 Å². The maximum atomic E-state index is 10.9. The maximum Gasteiger partial charge on any atom is 0.273 e. The van der Waals surface area contributed by atoms with Crippen LogP contribution in [0.25, 0.3) is 0 Å². The van der Waals surface area contributed by atoms with E-state index in [-0.39, 0.29) is 17.5 Å². The van der Waals surface area contributed by atoms with Gasteiger partial charge >= 0.3 is 0 Å². The van der Waals surface area contributed by atoms with Crippen LogP contribution in [0, 0.1) is 0 Å². The lowest BCUT2D eigenvalue weighted by Crippen LogP contribution is -2.17. The average molecular weight is 175 g/mol. The Morgan fingerprint density at radius 1 is 1.91 bits per heavy atom. The Balaban J connectivity index is 2.80. The summed E-state index contributed by atoms with van der Waals surface area (Å²) in [6.07, 6.45) is 0. The van der Waals surface area contributed by atoms with E-state index in [0.29, 0.717) is 5.76 Å². The number of carbonyl (C=O) groups excluding carboxylic acids is 1. The minimum atomic E-state index is -0.273. The molecular formula is C6H7ClN2O2. The normalized spacial score (nSPS) is 9.64. The molecule has 0 unspecified atom stereocenters. The number of aromatic nitrogens is 1. The largest absolute Gasteiger partial charge is 0.359 e. The van der Waals surface area contributed by atoms with E-state index in [4.69, 9.17) is 16.1 Å². The minimum absolute atomic E-state index is 0.226. The lowest BCUT2D eigenvalue weighted by atomic mass is 10.4. The molecule has 0 aliphatic rings. The fraction of sp³-hybridized carbons (Fsp3) is 0.333. The van der Waals surface area contributed by atoms with Gasteiger partial charge in [0.05, 0.1) is 5.88 Å². The maximum absolute atomic E-state index is 10.9. The lowest BCUT2D eigenvalue weighted by molar-refractivity contribution is 0.0954. The molecule has 1 N–H and O–H groups in total. The molecule has 1 amide bonds. The summed E-state index contributed by atoms with van der Waals surface area (Å²) in [5, 5.41) is 5.90. The molecule has 5 heteroatoms. The van der Waals surface area contributed by atoms with Gasteiger partial charge < -0.3 is 9.84 Å². The van der Waals surface area contributed by atoms with Crippen LogP contribution in [-0.2, 0) is 5.88 Å². The third-order valence-corrected chi connectivity index (χ3v) is 1.41. The van der Waals surface area contributed by atoms with Gasteiger partial charge in [-0.15, -0.1) is 11.6 Å². The number of carbonyl (C=O) groups is 1. The van der Waals surface area contributed by atoms with Crippen molar-refractivity contribution < 1.29 is 9.32 Å². The fourth-order valence-corrected chi connectivity index (χ4v) is 0.737. The Labute approximate surface area is 68.5 Å². The van der Waals surface area contributed by atoms with Crippen molar-refractivity contribution in [2.24, 2.45) is 0 Å². The van der Waals surface area contributed by atoms with E-state index in [1.807, 2.05) is 0 Å². The summed E-state index contributed by atoms with van der Waals surface area (Å²) in [5.41, 5.74) is 0.253. The summed E-state index contributed by atoms with van der Waals surface area (Å²) < 4.78 is 4.69. The third-order valence-electron chi connectivity index (χ3n) is 1.15. The summed E-state index contributed by atoms with van der Waals surface area (Å²) in [5.74, 6) is 0.444. The number of nitrogens with zero attached hydrogens (tertiary/aromatic N) is 1. The first-order valence-electron chi connectivity index (χ1n) is 3.01. The second-order valence-electron chi connectivity index (χ2n) is 1.89. The van der Waals surface area contributed by atoms with Gasteiger partial charge in [-0.25, -0.2) is 0 Å². The molecule has 0 aliphatic carbocycles. The standard InChI is InChI=1S/C6H7ClN2O2/c1-8-6(10)5-2-4(3-7)11-9-5/h2H,3H2,1H3,(H,8,10). The number of alkyl halides is 1. The summed E-state index contributed by atoms with van der Waals surface area (Å²) in [6.45, 7) is 0. The molecule has 0 aromatic carbocycles. The molecule has 11 heavy (non-hydrogen) atoms. The van der Waals surface area contributed by atoms with E-state index in [0.717, 1.165) is 0 Å². The molecule has 0 fully saturated rings. The highest BCUT2D eigenvalue weighted by Gasteiger charge is 2.08. The van der Waals surface area contributed by atoms with Crippen molar-refractivity contribution in [1.29, 1.82) is 0 Å². The first-order valence-corrected chi connectivity index (χ1v) is 3.55. The van der Waals surface area contributed by atoms with Crippen LogP contribution in [0.4, 0.5) is 0 Å². The number of rotatable bonds is 2. The van der Waals surface area contributed by atoms with Gasteiger partial charge in [-0.3, -0.25) is 4.79 Å². The smallest absolute Gasteiger partial charge is 0.273 e. The molecule has 0 spiro atoms. The van der Waals surface area contributed by atoms with E-state index in [1.54, 1.807) is 0 Å². The van der Waals surface area contributed by atoms with E-state index in [9.17, 15) is 4.79 Å². The predicted octanol–water partition coefficient (Wildman–Crippen LogP) is 0.773. The second kappa shape index (κ2) is 3.39. The van der Waals surface area contributed by atoms with E-state index in [1.165, 1.54) is 13.1 Å². The Bertz CT molecular complexity index is 259. The first kappa shape index (κ1) is 8.07. The van der Waals surface area contributed by atoms with Gasteiger partial charge in [-0.1, -0.05) is 5.16 Å². The summed E-state index contributed by atoms with van der Waals surface area (Å²) in [7, 11) is 1.53. The number of hydrogen-bond acceptors (Lipinski definition) is 3. The Morgan fingerprint density at radius 2 is 2.64 bits per heavy atom. The van der Waals surface area contributed by atoms with Crippen molar-refractivity contribution in [2.45, 2.75) is 5.88 Å². The van der Waals surface area contributed by atoms with Crippen LogP contribution in [-0.4, -0.2) is 18.1 Å². The summed E-state index contributed by atoms with van der Waals surface area (Å²) in [6, 6.07) is 1.51. The van der Waals surface area contributed by atoms with E-state index in [2.05, 4.69) is 10.5 Å². The minimum Gasteiger partial charge on any atom is -0.359 e. The van der Waals surface area contributed by atoms with Crippen molar-refractivity contribution in [3.63, 3.8) is 0 Å². The molecule has 1 heterocycles. The fourth-order valence-electron chi connectivity index (χ4n) is 0.611. The van der Waals surface area contributed by atoms with Gasteiger partial charge in [-0.2, -0.15) is 0 Å². The van der Waals surface area contributed by atoms with Crippen molar-refractivity contribution >= 4 is 17.5 Å². The highest BCUT2D eigenvalue weighted by Crippen LogP contribution is 2.05. The Kier molecular flexibility index (Phi) is 2.48. The summed E-state index contributed by atoms with van der Waals surface area (Å²) >= 11 is 5.42. The molecule has 1 aromatic rings. The zero-order valence-corrected chi connectivity index (χ0v) is 6.68. The van der Waals surface area contributed by atoms with Gasteiger partial charge in [0.15, 0.2) is 11.5 Å². The van der Waals surface area contributed by atoms with Crippen molar-refractivity contribution in [3.05, 3.63) is 17.5 Å². The highest BCUT2D eigenvalue weighted by atomic mass is 35.5. The van der Waals surface area contributed by atoms with Gasteiger partial charge in [0.25, 0.3) is 5.91 Å². The van der Waals surface area contributed by atoms with Crippen LogP contribution < -0.4 is 5.32 Å². The van der Waals surface area contributed by atoms with Gasteiger partial charge in [0.1, 0.15) is 0 Å². The first-order chi connectivity index (χ1) is 5.27. The van der Waals surface area contributed by atoms with Gasteiger partial charge in [0, 0.05) is 13.1 Å². The van der Waals surface area contributed by atoms with Crippen LogP contribution in [0.1, 0.15) is 16.2 Å². The molecule has 1 aromatic heterocycles. The molecule has 60 valence electrons. The molecule has 4 nitrogen and oxygen atoms in total. The SMILES string of the molecule is CNC(=O)c1cc(CCl)on1. The Morgan fingerprint density at radius 3 is 3.09 bits per heavy atom. The summed E-state index contributed by atoms with van der Waals surface area (Å²) in [4.78, 5) is 10.9. The van der Waals surface area contributed by atoms with Crippen LogP contribution in [0.3, 0.4) is 0 Å². The highest BCUT2D eigenvalue weighted by molar-refractivity contribution is 6.16. The zero-order chi connectivity index (χ0) is 8.27. The Hall–Kier alpha value is -1.03. The monoisotopic (exact) mass is 174 g/mol. The average Bonchev–Trinajstić information content (AvgIpc) is 2.50. The van der Waals surface area contributed by atoms with Crippen LogP contribution in [0.15, 0.2) is 10.6 Å². The lowest BCUT2D eigenvalue weighted by Gasteiger charge is -1.88. The number of halogens is 1. The topological polar surface area (TPSA) is 55.1 Å². The molecule has 0 saturated heterocycles. The van der Waals surface area contributed by atoms with Gasteiger partial charge in [0.2, 0.25) is 0 Å². The molecular weight excluding hydrogens is 168 g/mol. The van der Waals surface area contributed by atoms with Crippen LogP contribution >= 0.6 is 11.6 Å². The molecule has 0 bridgehead atoms. The van der Waals surface area contributed by atoms with Gasteiger partial charge in [-0.05, 0) is 0 Å². The van der Waals surface area contributed by atoms with Crippen LogP contribution in [0.2, 0.25) is 0 Å². The molecule has 1 rings (SSSR count). The molecule has 0 radical (unpaired) electrons. The van der Waals surface area contributed by atoms with E-state index >= 15 is 0 Å². The van der Waals surface area contributed by atoms with Crippen LogP contribution in [0.5, 0.6) is 0 Å². The van der Waals surface area contributed by atoms with Crippen molar-refractivity contribution in [3.8, 4) is 0 Å². The number of amides is 1. The number of hydrogen-bond donors (Lipinski definition) is 1. The zero-order valence-electron chi connectivity index (χ0n) is 5.93. The molecule has 0 saturated carbocycles. The molecule has 0 aliphatic heterocycles. The second-order valence-corrected chi connectivity index (χ2v) is 2.16. The number of nitrogens with one attached hydrogen (secondary N) is 1. The van der Waals surface area contributed by atoms with E-state index < -0.39 is 0 Å². The molecule has 0 atom stereocenters. The quantitative estimate of drug-likeness (QED) is 0.674.